The predicted octanol–water partition coefficient (Wildman–Crippen LogP) is 3.33. The Balaban J connectivity index is 1.64. The highest BCUT2D eigenvalue weighted by molar-refractivity contribution is 5.93. The van der Waals surface area contributed by atoms with E-state index in [9.17, 15) is 9.90 Å². The van der Waals surface area contributed by atoms with Gasteiger partial charge in [-0.1, -0.05) is 42.5 Å². The zero-order valence-corrected chi connectivity index (χ0v) is 19.5. The van der Waals surface area contributed by atoms with Crippen LogP contribution in [0.4, 0.5) is 16.2 Å². The number of hydrogen-bond donors (Lipinski definition) is 3. The minimum atomic E-state index is -0.664. The van der Waals surface area contributed by atoms with E-state index in [0.29, 0.717) is 13.1 Å². The second-order valence-electron chi connectivity index (χ2n) is 8.89. The van der Waals surface area contributed by atoms with Crippen LogP contribution < -0.4 is 15.5 Å². The van der Waals surface area contributed by atoms with Crippen molar-refractivity contribution in [2.75, 3.05) is 50.5 Å². The molecule has 0 spiro atoms. The summed E-state index contributed by atoms with van der Waals surface area (Å²) in [6, 6.07) is 17.1. The van der Waals surface area contributed by atoms with Crippen molar-refractivity contribution in [3.63, 3.8) is 0 Å². The second-order valence-corrected chi connectivity index (χ2v) is 8.89. The molecule has 1 saturated heterocycles. The van der Waals surface area contributed by atoms with E-state index < -0.39 is 6.10 Å². The molecule has 1 aliphatic heterocycles. The van der Waals surface area contributed by atoms with Gasteiger partial charge in [0.2, 0.25) is 0 Å². The Morgan fingerprint density at radius 3 is 2.38 bits per heavy atom. The predicted molar refractivity (Wildman–Crippen MR) is 129 cm³/mol. The molecule has 0 unspecified atom stereocenters. The third kappa shape index (κ3) is 6.69. The molecular weight excluding hydrogens is 404 g/mol. The fourth-order valence-corrected chi connectivity index (χ4v) is 4.29. The first-order valence-electron chi connectivity index (χ1n) is 11.3. The zero-order valence-electron chi connectivity index (χ0n) is 19.5. The van der Waals surface area contributed by atoms with Gasteiger partial charge in [-0.3, -0.25) is 0 Å². The van der Waals surface area contributed by atoms with Crippen LogP contribution in [0.5, 0.6) is 0 Å². The molecule has 1 fully saturated rings. The lowest BCUT2D eigenvalue weighted by Crippen LogP contribution is -2.46. The van der Waals surface area contributed by atoms with Crippen LogP contribution in [0.1, 0.15) is 25.5 Å². The van der Waals surface area contributed by atoms with Crippen molar-refractivity contribution in [3.05, 3.63) is 60.2 Å². The van der Waals surface area contributed by atoms with Crippen LogP contribution in [0.25, 0.3) is 0 Å². The lowest BCUT2D eigenvalue weighted by atomic mass is 9.95. The highest BCUT2D eigenvalue weighted by Crippen LogP contribution is 2.28. The molecule has 174 valence electrons. The summed E-state index contributed by atoms with van der Waals surface area (Å²) in [6.07, 6.45) is -0.402. The van der Waals surface area contributed by atoms with E-state index in [1.165, 1.54) is 0 Å². The van der Waals surface area contributed by atoms with Gasteiger partial charge in [0.25, 0.3) is 0 Å². The number of amides is 2. The number of urea groups is 1. The number of carbonyl (C=O) groups excluding carboxylic acids is 1. The summed E-state index contributed by atoms with van der Waals surface area (Å²) in [4.78, 5) is 17.0. The number of rotatable bonds is 8. The quantitative estimate of drug-likeness (QED) is 0.587. The zero-order chi connectivity index (χ0) is 23.1. The molecule has 2 amide bonds. The molecule has 7 heteroatoms. The third-order valence-electron chi connectivity index (χ3n) is 5.62. The molecule has 0 saturated carbocycles. The minimum Gasteiger partial charge on any atom is -0.388 e. The maximum Gasteiger partial charge on any atom is 0.319 e. The van der Waals surface area contributed by atoms with Crippen molar-refractivity contribution in [1.29, 1.82) is 0 Å². The third-order valence-corrected chi connectivity index (χ3v) is 5.62. The summed E-state index contributed by atoms with van der Waals surface area (Å²) < 4.78 is 5.85. The van der Waals surface area contributed by atoms with Gasteiger partial charge < -0.3 is 30.3 Å². The van der Waals surface area contributed by atoms with E-state index in [4.69, 9.17) is 4.74 Å². The van der Waals surface area contributed by atoms with E-state index in [0.717, 1.165) is 30.0 Å². The molecule has 3 N–H and O–H groups in total. The number of nitrogens with one attached hydrogen (secondary N) is 2. The molecule has 4 atom stereocenters. The molecule has 2 aromatic carbocycles. The van der Waals surface area contributed by atoms with Crippen molar-refractivity contribution in [1.82, 2.24) is 10.2 Å². The summed E-state index contributed by atoms with van der Waals surface area (Å²) in [6.45, 7) is 6.69. The van der Waals surface area contributed by atoms with Gasteiger partial charge in [-0.15, -0.1) is 0 Å². The molecule has 0 aliphatic carbocycles. The number of anilines is 2. The lowest BCUT2D eigenvalue weighted by molar-refractivity contribution is -0.00517. The number of aliphatic hydroxyl groups is 1. The lowest BCUT2D eigenvalue weighted by Gasteiger charge is -2.37. The monoisotopic (exact) mass is 440 g/mol. The van der Waals surface area contributed by atoms with Gasteiger partial charge in [-0.2, -0.15) is 0 Å². The largest absolute Gasteiger partial charge is 0.388 e. The molecular formula is C25H36N4O3. The van der Waals surface area contributed by atoms with Crippen LogP contribution in [0.15, 0.2) is 54.6 Å². The molecule has 0 aromatic heterocycles. The molecule has 7 nitrogen and oxygen atoms in total. The number of nitrogens with zero attached hydrogens (tertiary/aromatic N) is 2. The Kier molecular flexibility index (Phi) is 8.50. The fourth-order valence-electron chi connectivity index (χ4n) is 4.29. The number of morpholine rings is 1. The highest BCUT2D eigenvalue weighted by Gasteiger charge is 2.25. The summed E-state index contributed by atoms with van der Waals surface area (Å²) in [5.41, 5.74) is 2.60. The average molecular weight is 441 g/mol. The van der Waals surface area contributed by atoms with Gasteiger partial charge in [-0.25, -0.2) is 4.79 Å². The Morgan fingerprint density at radius 1 is 1.09 bits per heavy atom. The summed E-state index contributed by atoms with van der Waals surface area (Å²) in [5.74, 6) is -0.144. The van der Waals surface area contributed by atoms with Crippen molar-refractivity contribution in [2.24, 2.45) is 5.92 Å². The van der Waals surface area contributed by atoms with Crippen molar-refractivity contribution in [3.8, 4) is 0 Å². The van der Waals surface area contributed by atoms with Crippen molar-refractivity contribution >= 4 is 17.4 Å². The number of aliphatic hydroxyl groups excluding tert-OH is 1. The Bertz CT molecular complexity index is 851. The molecule has 32 heavy (non-hydrogen) atoms. The highest BCUT2D eigenvalue weighted by atomic mass is 16.5. The Hall–Kier alpha value is -2.61. The van der Waals surface area contributed by atoms with E-state index in [-0.39, 0.29) is 24.2 Å². The fraction of sp³-hybridized carbons (Fsp3) is 0.480. The standard InChI is InChI=1S/C25H36N4O3/c1-18-15-29(16-19(2)32-18)23-13-9-8-12-22(23)27-25(31)26-14-21(17-28(3)4)24(30)20-10-6-5-7-11-20/h5-13,18-19,21,24,30H,14-17H2,1-4H3,(H2,26,27,31)/t18-,19-,21-,24-/m1/s1. The molecule has 0 bridgehead atoms. The van der Waals surface area contributed by atoms with E-state index in [2.05, 4.69) is 29.4 Å². The minimum absolute atomic E-state index is 0.131. The normalized spacial score (nSPS) is 20.6. The van der Waals surface area contributed by atoms with Crippen LogP contribution >= 0.6 is 0 Å². The molecule has 3 rings (SSSR count). The summed E-state index contributed by atoms with van der Waals surface area (Å²) in [7, 11) is 3.93. The molecule has 0 radical (unpaired) electrons. The molecule has 1 aliphatic rings. The topological polar surface area (TPSA) is 77.1 Å². The van der Waals surface area contributed by atoms with E-state index >= 15 is 0 Å². The SMILES string of the molecule is C[C@@H]1CN(c2ccccc2NC(=O)NC[C@H](CN(C)C)[C@H](O)c2ccccc2)C[C@@H](C)O1. The summed E-state index contributed by atoms with van der Waals surface area (Å²) >= 11 is 0. The molecule has 2 aromatic rings. The number of carbonyl (C=O) groups is 1. The number of ether oxygens (including phenoxy) is 1. The van der Waals surface area contributed by atoms with E-state index in [1.807, 2.05) is 73.6 Å². The smallest absolute Gasteiger partial charge is 0.319 e. The van der Waals surface area contributed by atoms with Gasteiger partial charge >= 0.3 is 6.03 Å². The van der Waals surface area contributed by atoms with Crippen LogP contribution in [-0.4, -0.2) is 68.5 Å². The van der Waals surface area contributed by atoms with Gasteiger partial charge in [0.05, 0.1) is 29.7 Å². The van der Waals surface area contributed by atoms with Crippen LogP contribution in [-0.2, 0) is 4.74 Å². The molecule has 1 heterocycles. The number of para-hydroxylation sites is 2. The van der Waals surface area contributed by atoms with Gasteiger partial charge in [0, 0.05) is 32.1 Å². The van der Waals surface area contributed by atoms with Crippen molar-refractivity contribution in [2.45, 2.75) is 32.2 Å². The number of benzene rings is 2. The first-order chi connectivity index (χ1) is 15.3. The first kappa shape index (κ1) is 24.0. The van der Waals surface area contributed by atoms with E-state index in [1.54, 1.807) is 0 Å². The van der Waals surface area contributed by atoms with Gasteiger partial charge in [-0.05, 0) is 45.6 Å². The van der Waals surface area contributed by atoms with Gasteiger partial charge in [0.15, 0.2) is 0 Å². The van der Waals surface area contributed by atoms with Crippen LogP contribution in [0, 0.1) is 5.92 Å². The maximum absolute atomic E-state index is 12.8. The number of hydrogen-bond acceptors (Lipinski definition) is 5. The first-order valence-corrected chi connectivity index (χ1v) is 11.3. The Morgan fingerprint density at radius 2 is 1.72 bits per heavy atom. The van der Waals surface area contributed by atoms with Crippen LogP contribution in [0.2, 0.25) is 0 Å². The average Bonchev–Trinajstić information content (AvgIpc) is 2.76. The van der Waals surface area contributed by atoms with Crippen molar-refractivity contribution < 1.29 is 14.6 Å². The second kappa shape index (κ2) is 11.3. The summed E-state index contributed by atoms with van der Waals surface area (Å²) in [5, 5.41) is 16.8. The Labute approximate surface area is 191 Å². The van der Waals surface area contributed by atoms with Crippen LogP contribution in [0.3, 0.4) is 0 Å². The van der Waals surface area contributed by atoms with Gasteiger partial charge in [0.1, 0.15) is 0 Å². The maximum atomic E-state index is 12.8.